The third-order valence-corrected chi connectivity index (χ3v) is 0.218. The Bertz CT molecular complexity index is 36.0. The van der Waals surface area contributed by atoms with Crippen LogP contribution >= 0.6 is 0 Å². The number of hydrogen-bond donors (Lipinski definition) is 0. The molecule has 0 radical (unpaired) electrons. The van der Waals surface area contributed by atoms with Crippen molar-refractivity contribution in [1.82, 2.24) is 0 Å². The Hall–Kier alpha value is 1.54. The average molecular weight is 202 g/mol. The van der Waals surface area contributed by atoms with E-state index in [1.807, 2.05) is 0 Å². The van der Waals surface area contributed by atoms with E-state index in [0.29, 0.717) is 0 Å². The zero-order valence-corrected chi connectivity index (χ0v) is 2.94. The topological polar surface area (TPSA) is 27.7 Å². The van der Waals surface area contributed by atoms with Crippen LogP contribution < -0.4 is 0 Å². The van der Waals surface area contributed by atoms with Crippen molar-refractivity contribution in [1.29, 1.82) is 0 Å². The van der Waals surface area contributed by atoms with Crippen LogP contribution in [-0.4, -0.2) is 65.5 Å². The van der Waals surface area contributed by atoms with Gasteiger partial charge in [-0.15, -0.1) is 0 Å². The van der Waals surface area contributed by atoms with Gasteiger partial charge in [-0.25, -0.2) is 0 Å². The van der Waals surface area contributed by atoms with E-state index in [1.54, 1.807) is 0 Å². The second kappa shape index (κ2) is 8.54. The Morgan fingerprint density at radius 2 is 1.12 bits per heavy atom. The maximum atomic E-state index is 10.4. The molecule has 0 aromatic heterocycles. The van der Waals surface area contributed by atoms with Crippen LogP contribution in [0.1, 0.15) is 0 Å². The monoisotopic (exact) mass is 202 g/mol. The molecule has 0 aliphatic carbocycles. The first-order chi connectivity index (χ1) is 3.35. The second-order valence-electron chi connectivity index (χ2n) is 0.556. The van der Waals surface area contributed by atoms with Gasteiger partial charge < -0.3 is 0 Å². The van der Waals surface area contributed by atoms with Crippen LogP contribution in [0.4, 0.5) is 13.6 Å². The van der Waals surface area contributed by atoms with Crippen LogP contribution in [0.3, 0.4) is 0 Å². The Kier molecular flexibility index (Phi) is 13.1. The van der Waals surface area contributed by atoms with Gasteiger partial charge in [-0.1, -0.05) is 13.6 Å². The molecule has 0 unspecified atom stereocenters. The van der Waals surface area contributed by atoms with Gasteiger partial charge in [0, 0.05) is 0 Å². The average Bonchev–Trinajstić information content (AvgIpc) is 1.72. The summed E-state index contributed by atoms with van der Waals surface area (Å²) in [6, 6.07) is 0. The summed E-state index contributed by atoms with van der Waals surface area (Å²) in [5.41, 5.74) is 0. The summed E-state index contributed by atoms with van der Waals surface area (Å²) >= 11 is 0. The van der Waals surface area contributed by atoms with Crippen LogP contribution in [0, 0.1) is 0 Å². The Morgan fingerprint density at radius 3 is 1.12 bits per heavy atom. The molecule has 0 N–H and O–H groups in total. The van der Waals surface area contributed by atoms with Gasteiger partial charge in [0.1, 0.15) is 0 Å². The van der Waals surface area contributed by atoms with Crippen LogP contribution in [0.2, 0.25) is 0 Å². The van der Waals surface area contributed by atoms with E-state index in [9.17, 15) is 13.6 Å². The van der Waals surface area contributed by atoms with Crippen LogP contribution in [0.5, 0.6) is 0 Å². The number of halogens is 3. The molecule has 8 heavy (non-hydrogen) atoms. The zero-order chi connectivity index (χ0) is 5.70. The Labute approximate surface area is 92.1 Å². The molecule has 0 aliphatic heterocycles. The fourth-order valence-electron chi connectivity index (χ4n) is 0.0412. The third kappa shape index (κ3) is 5.67. The van der Waals surface area contributed by atoms with E-state index < -0.39 is 7.32 Å². The van der Waals surface area contributed by atoms with Gasteiger partial charge in [0.2, 0.25) is 0 Å². The fraction of sp³-hybridized carbons (Fsp3) is 0. The molecule has 0 amide bonds. The quantitative estimate of drug-likeness (QED) is 0.604. The predicted molar refractivity (Wildman–Crippen MR) is 19.5 cm³/mol. The molecule has 0 saturated carbocycles. The molecule has 0 spiro atoms. The zero-order valence-electron chi connectivity index (χ0n) is 2.94. The van der Waals surface area contributed by atoms with E-state index in [1.165, 1.54) is 0 Å². The van der Waals surface area contributed by atoms with Crippen molar-refractivity contribution in [3.8, 4) is 0 Å². The molecule has 0 aliphatic rings. The van der Waals surface area contributed by atoms with E-state index in [2.05, 4.69) is 14.6 Å². The van der Waals surface area contributed by atoms with Crippen molar-refractivity contribution in [3.63, 3.8) is 0 Å². The van der Waals surface area contributed by atoms with Crippen molar-refractivity contribution in [2.75, 3.05) is 0 Å². The van der Waals surface area contributed by atoms with Crippen molar-refractivity contribution in [3.05, 3.63) is 0 Å². The molecule has 0 heterocycles. The van der Waals surface area contributed by atoms with Crippen LogP contribution in [0.15, 0.2) is 0 Å². The molecular weight excluding hydrogens is 201 g/mol. The minimum atomic E-state index is -2.51. The van der Waals surface area contributed by atoms with Gasteiger partial charge in [0.05, 0.1) is 0 Å². The third-order valence-electron chi connectivity index (χ3n) is 0.218. The van der Waals surface area contributed by atoms with Crippen molar-refractivity contribution < 1.29 is 28.2 Å². The number of rotatable bonds is 3. The first-order valence-electron chi connectivity index (χ1n) is 1.17. The maximum absolute atomic E-state index is 10.4. The first-order valence-corrected chi connectivity index (χ1v) is 1.17. The molecule has 3 nitrogen and oxygen atoms in total. The van der Waals surface area contributed by atoms with Gasteiger partial charge >= 0.3 is 65.5 Å². The SMILES string of the molecule is FOB(OF)OF.[RbH]. The molecule has 44 valence electrons. The van der Waals surface area contributed by atoms with E-state index in [4.69, 9.17) is 0 Å². The second-order valence-corrected chi connectivity index (χ2v) is 0.556. The molecule has 0 aromatic carbocycles. The Morgan fingerprint density at radius 1 is 0.875 bits per heavy atom. The summed E-state index contributed by atoms with van der Waals surface area (Å²) in [6.45, 7) is 0. The number of hydrogen-bond acceptors (Lipinski definition) is 3. The van der Waals surface area contributed by atoms with Crippen molar-refractivity contribution in [2.45, 2.75) is 0 Å². The molecule has 0 aromatic rings. The summed E-state index contributed by atoms with van der Waals surface area (Å²) in [7, 11) is -2.51. The minimum absolute atomic E-state index is 0. The molecule has 0 bridgehead atoms. The van der Waals surface area contributed by atoms with Gasteiger partial charge in [-0.3, -0.25) is 0 Å². The van der Waals surface area contributed by atoms with E-state index in [-0.39, 0.29) is 58.2 Å². The molecule has 0 atom stereocenters. The van der Waals surface area contributed by atoms with Gasteiger partial charge in [0.15, 0.2) is 0 Å². The summed E-state index contributed by atoms with van der Waals surface area (Å²) in [6.07, 6.45) is 0. The van der Waals surface area contributed by atoms with E-state index in [0.717, 1.165) is 0 Å². The van der Waals surface area contributed by atoms with Gasteiger partial charge in [0.25, 0.3) is 0 Å². The van der Waals surface area contributed by atoms with Crippen LogP contribution in [-0.2, 0) is 14.6 Å². The predicted octanol–water partition coefficient (Wildman–Crippen LogP) is 0.0261. The Balaban J connectivity index is 0. The molecule has 8 heteroatoms. The fourth-order valence-corrected chi connectivity index (χ4v) is 0.0412. The first kappa shape index (κ1) is 12.2. The molecular formula is HBF3O3Rb. The van der Waals surface area contributed by atoms with Gasteiger partial charge in [-0.2, -0.15) is 14.6 Å². The van der Waals surface area contributed by atoms with E-state index >= 15 is 0 Å². The molecule has 0 rings (SSSR count). The summed E-state index contributed by atoms with van der Waals surface area (Å²) in [5, 5.41) is 0. The molecule has 0 saturated heterocycles. The van der Waals surface area contributed by atoms with Crippen molar-refractivity contribution in [2.24, 2.45) is 0 Å². The molecule has 0 fully saturated rings. The summed E-state index contributed by atoms with van der Waals surface area (Å²) in [5.74, 6) is 0. The summed E-state index contributed by atoms with van der Waals surface area (Å²) < 4.78 is 31.3. The summed E-state index contributed by atoms with van der Waals surface area (Å²) in [4.78, 5) is 7.06. The van der Waals surface area contributed by atoms with Gasteiger partial charge in [-0.05, 0) is 0 Å². The normalized spacial score (nSPS) is 7.88. The van der Waals surface area contributed by atoms with Crippen molar-refractivity contribution >= 4 is 65.5 Å². The van der Waals surface area contributed by atoms with Crippen LogP contribution in [0.25, 0.3) is 0 Å². The standard InChI is InChI=1S/BF3O3.Rb.H/c2-5-1(6-3)7-4;;.